The Kier molecular flexibility index (Phi) is 5.44. The van der Waals surface area contributed by atoms with Crippen LogP contribution in [0.15, 0.2) is 12.1 Å². The molecule has 0 bridgehead atoms. The van der Waals surface area contributed by atoms with Crippen molar-refractivity contribution in [1.82, 2.24) is 10.6 Å². The van der Waals surface area contributed by atoms with Gasteiger partial charge in [0.2, 0.25) is 0 Å². The van der Waals surface area contributed by atoms with E-state index in [4.69, 9.17) is 9.47 Å². The number of hydrogen-bond acceptors (Lipinski definition) is 4. The van der Waals surface area contributed by atoms with Crippen molar-refractivity contribution in [3.05, 3.63) is 23.3 Å². The first kappa shape index (κ1) is 15.6. The SMILES string of the molecule is COc1cc(C(=O)NCC[C@H]2CCCN2)cc(OC)c1C. The van der Waals surface area contributed by atoms with Crippen LogP contribution in [0, 0.1) is 6.92 Å². The van der Waals surface area contributed by atoms with Crippen molar-refractivity contribution in [2.45, 2.75) is 32.2 Å². The maximum absolute atomic E-state index is 12.2. The van der Waals surface area contributed by atoms with Crippen LogP contribution >= 0.6 is 0 Å². The number of nitrogens with one attached hydrogen (secondary N) is 2. The summed E-state index contributed by atoms with van der Waals surface area (Å²) in [6.07, 6.45) is 3.39. The lowest BCUT2D eigenvalue weighted by Crippen LogP contribution is -2.30. The molecule has 1 aromatic rings. The summed E-state index contributed by atoms with van der Waals surface area (Å²) in [5.74, 6) is 1.23. The van der Waals surface area contributed by atoms with Crippen LogP contribution in [-0.2, 0) is 0 Å². The summed E-state index contributed by atoms with van der Waals surface area (Å²) in [7, 11) is 3.18. The van der Waals surface area contributed by atoms with Gasteiger partial charge in [-0.05, 0) is 44.9 Å². The first-order valence-electron chi connectivity index (χ1n) is 7.40. The number of ether oxygens (including phenoxy) is 2. The van der Waals surface area contributed by atoms with Gasteiger partial charge in [-0.25, -0.2) is 0 Å². The number of carbonyl (C=O) groups excluding carboxylic acids is 1. The molecular weight excluding hydrogens is 268 g/mol. The number of rotatable bonds is 6. The molecule has 1 aromatic carbocycles. The minimum Gasteiger partial charge on any atom is -0.496 e. The summed E-state index contributed by atoms with van der Waals surface area (Å²) in [6.45, 7) is 3.67. The molecule has 1 heterocycles. The van der Waals surface area contributed by atoms with Crippen molar-refractivity contribution in [2.24, 2.45) is 0 Å². The second-order valence-electron chi connectivity index (χ2n) is 5.34. The summed E-state index contributed by atoms with van der Waals surface area (Å²) in [6, 6.07) is 4.04. The van der Waals surface area contributed by atoms with E-state index in [-0.39, 0.29) is 5.91 Å². The number of benzene rings is 1. The Morgan fingerprint density at radius 3 is 2.52 bits per heavy atom. The zero-order valence-electron chi connectivity index (χ0n) is 13.0. The Bertz CT molecular complexity index is 471. The Hall–Kier alpha value is -1.75. The fourth-order valence-corrected chi connectivity index (χ4v) is 2.68. The van der Waals surface area contributed by atoms with Crippen molar-refractivity contribution in [3.63, 3.8) is 0 Å². The largest absolute Gasteiger partial charge is 0.496 e. The Balaban J connectivity index is 1.97. The third-order valence-electron chi connectivity index (χ3n) is 3.96. The van der Waals surface area contributed by atoms with Crippen molar-refractivity contribution in [3.8, 4) is 11.5 Å². The van der Waals surface area contributed by atoms with Crippen LogP contribution in [0.25, 0.3) is 0 Å². The molecule has 116 valence electrons. The van der Waals surface area contributed by atoms with Crippen LogP contribution in [0.3, 0.4) is 0 Å². The maximum atomic E-state index is 12.2. The van der Waals surface area contributed by atoms with Gasteiger partial charge in [-0.3, -0.25) is 4.79 Å². The zero-order valence-corrected chi connectivity index (χ0v) is 13.0. The molecule has 2 rings (SSSR count). The first-order chi connectivity index (χ1) is 10.2. The molecule has 0 aromatic heterocycles. The quantitative estimate of drug-likeness (QED) is 0.840. The predicted octanol–water partition coefficient (Wildman–Crippen LogP) is 1.88. The lowest BCUT2D eigenvalue weighted by atomic mass is 10.1. The van der Waals surface area contributed by atoms with Gasteiger partial charge < -0.3 is 20.1 Å². The molecule has 0 unspecified atom stereocenters. The average molecular weight is 292 g/mol. The van der Waals surface area contributed by atoms with Crippen molar-refractivity contribution in [1.29, 1.82) is 0 Å². The highest BCUT2D eigenvalue weighted by Gasteiger charge is 2.16. The third kappa shape index (κ3) is 3.88. The van der Waals surface area contributed by atoms with E-state index in [1.165, 1.54) is 12.8 Å². The topological polar surface area (TPSA) is 59.6 Å². The fraction of sp³-hybridized carbons (Fsp3) is 0.562. The number of methoxy groups -OCH3 is 2. The van der Waals surface area contributed by atoms with Crippen LogP contribution < -0.4 is 20.1 Å². The van der Waals surface area contributed by atoms with Crippen LogP contribution in [0.2, 0.25) is 0 Å². The highest BCUT2D eigenvalue weighted by atomic mass is 16.5. The summed E-state index contributed by atoms with van der Waals surface area (Å²) >= 11 is 0. The molecule has 0 spiro atoms. The molecule has 2 N–H and O–H groups in total. The van der Waals surface area contributed by atoms with E-state index in [1.54, 1.807) is 26.4 Å². The fourth-order valence-electron chi connectivity index (χ4n) is 2.68. The van der Waals surface area contributed by atoms with Gasteiger partial charge in [0.25, 0.3) is 5.91 Å². The van der Waals surface area contributed by atoms with E-state index in [1.807, 2.05) is 6.92 Å². The molecule has 1 fully saturated rings. The number of carbonyl (C=O) groups is 1. The average Bonchev–Trinajstić information content (AvgIpc) is 3.00. The maximum Gasteiger partial charge on any atom is 0.251 e. The molecule has 5 nitrogen and oxygen atoms in total. The predicted molar refractivity (Wildman–Crippen MR) is 82.3 cm³/mol. The van der Waals surface area contributed by atoms with Gasteiger partial charge in [0.15, 0.2) is 0 Å². The normalized spacial score (nSPS) is 17.6. The van der Waals surface area contributed by atoms with Crippen LogP contribution in [0.5, 0.6) is 11.5 Å². The van der Waals surface area contributed by atoms with E-state index < -0.39 is 0 Å². The molecule has 1 aliphatic rings. The molecule has 1 atom stereocenters. The van der Waals surface area contributed by atoms with E-state index in [2.05, 4.69) is 10.6 Å². The van der Waals surface area contributed by atoms with Gasteiger partial charge in [-0.1, -0.05) is 0 Å². The number of amides is 1. The molecule has 0 saturated carbocycles. The molecule has 5 heteroatoms. The van der Waals surface area contributed by atoms with Crippen LogP contribution in [0.4, 0.5) is 0 Å². The van der Waals surface area contributed by atoms with Gasteiger partial charge in [0.05, 0.1) is 14.2 Å². The minimum absolute atomic E-state index is 0.0930. The molecular formula is C16H24N2O3. The standard InChI is InChI=1S/C16H24N2O3/c1-11-14(20-2)9-12(10-15(11)21-3)16(19)18-8-6-13-5-4-7-17-13/h9-10,13,17H,4-8H2,1-3H3,(H,18,19)/t13-/m1/s1. The lowest BCUT2D eigenvalue weighted by molar-refractivity contribution is 0.0951. The Morgan fingerprint density at radius 2 is 2.00 bits per heavy atom. The van der Waals surface area contributed by atoms with Gasteiger partial charge in [0.1, 0.15) is 11.5 Å². The van der Waals surface area contributed by atoms with Gasteiger partial charge in [-0.15, -0.1) is 0 Å². The van der Waals surface area contributed by atoms with Crippen LogP contribution in [0.1, 0.15) is 35.2 Å². The van der Waals surface area contributed by atoms with Crippen LogP contribution in [-0.4, -0.2) is 39.3 Å². The van der Waals surface area contributed by atoms with Crippen molar-refractivity contribution in [2.75, 3.05) is 27.3 Å². The molecule has 0 aliphatic carbocycles. The third-order valence-corrected chi connectivity index (χ3v) is 3.96. The molecule has 1 amide bonds. The highest BCUT2D eigenvalue weighted by Crippen LogP contribution is 2.29. The van der Waals surface area contributed by atoms with E-state index >= 15 is 0 Å². The van der Waals surface area contributed by atoms with Gasteiger partial charge >= 0.3 is 0 Å². The Labute approximate surface area is 126 Å². The summed E-state index contributed by atoms with van der Waals surface area (Å²) < 4.78 is 10.6. The van der Waals surface area contributed by atoms with Gasteiger partial charge in [-0.2, -0.15) is 0 Å². The minimum atomic E-state index is -0.0930. The summed E-state index contributed by atoms with van der Waals surface area (Å²) in [5, 5.41) is 6.38. The number of hydrogen-bond donors (Lipinski definition) is 2. The molecule has 21 heavy (non-hydrogen) atoms. The second kappa shape index (κ2) is 7.31. The second-order valence-corrected chi connectivity index (χ2v) is 5.34. The highest BCUT2D eigenvalue weighted by molar-refractivity contribution is 5.95. The Morgan fingerprint density at radius 1 is 1.33 bits per heavy atom. The van der Waals surface area contributed by atoms with Crippen molar-refractivity contribution >= 4 is 5.91 Å². The van der Waals surface area contributed by atoms with E-state index in [0.29, 0.717) is 29.6 Å². The van der Waals surface area contributed by atoms with Crippen molar-refractivity contribution < 1.29 is 14.3 Å². The molecule has 1 saturated heterocycles. The van der Waals surface area contributed by atoms with E-state index in [9.17, 15) is 4.79 Å². The molecule has 0 radical (unpaired) electrons. The summed E-state index contributed by atoms with van der Waals surface area (Å²) in [5.41, 5.74) is 1.46. The lowest BCUT2D eigenvalue weighted by Gasteiger charge is -2.14. The summed E-state index contributed by atoms with van der Waals surface area (Å²) in [4.78, 5) is 12.2. The van der Waals surface area contributed by atoms with Gasteiger partial charge in [0, 0.05) is 23.7 Å². The molecule has 1 aliphatic heterocycles. The van der Waals surface area contributed by atoms with E-state index in [0.717, 1.165) is 18.5 Å². The zero-order chi connectivity index (χ0) is 15.2. The first-order valence-corrected chi connectivity index (χ1v) is 7.40. The smallest absolute Gasteiger partial charge is 0.251 e. The monoisotopic (exact) mass is 292 g/mol.